The van der Waals surface area contributed by atoms with Crippen molar-refractivity contribution in [3.8, 4) is 0 Å². The summed E-state index contributed by atoms with van der Waals surface area (Å²) in [6.45, 7) is 4.77. The maximum atomic E-state index is 9.39. The molecule has 0 aliphatic rings. The Bertz CT molecular complexity index is 399. The summed E-state index contributed by atoms with van der Waals surface area (Å²) in [7, 11) is 3.71. The molecule has 4 nitrogen and oxygen atoms in total. The van der Waals surface area contributed by atoms with Gasteiger partial charge < -0.3 is 20.1 Å². The quantitative estimate of drug-likeness (QED) is 0.687. The van der Waals surface area contributed by atoms with Crippen molar-refractivity contribution in [2.45, 2.75) is 26.0 Å². The van der Waals surface area contributed by atoms with E-state index in [-0.39, 0.29) is 6.10 Å². The first-order chi connectivity index (χ1) is 9.56. The molecule has 0 fully saturated rings. The van der Waals surface area contributed by atoms with Crippen molar-refractivity contribution in [3.63, 3.8) is 0 Å². The van der Waals surface area contributed by atoms with E-state index in [1.54, 1.807) is 14.0 Å². The Kier molecular flexibility index (Phi) is 7.92. The SMILES string of the molecule is COCCNCc1c(Cl)cccc1N(C)CCC(C)O. The summed E-state index contributed by atoms with van der Waals surface area (Å²) >= 11 is 6.30. The highest BCUT2D eigenvalue weighted by atomic mass is 35.5. The zero-order chi connectivity index (χ0) is 15.0. The molecule has 20 heavy (non-hydrogen) atoms. The Morgan fingerprint density at radius 3 is 2.85 bits per heavy atom. The molecule has 0 amide bonds. The van der Waals surface area contributed by atoms with E-state index in [9.17, 15) is 5.11 Å². The molecule has 1 unspecified atom stereocenters. The molecule has 0 bridgehead atoms. The van der Waals surface area contributed by atoms with E-state index >= 15 is 0 Å². The number of aliphatic hydroxyl groups excluding tert-OH is 1. The molecule has 1 atom stereocenters. The summed E-state index contributed by atoms with van der Waals surface area (Å²) in [4.78, 5) is 2.13. The number of nitrogens with one attached hydrogen (secondary N) is 1. The van der Waals surface area contributed by atoms with Gasteiger partial charge >= 0.3 is 0 Å². The topological polar surface area (TPSA) is 44.7 Å². The fraction of sp³-hybridized carbons (Fsp3) is 0.600. The second-order valence-electron chi connectivity index (χ2n) is 4.97. The van der Waals surface area contributed by atoms with Gasteiger partial charge in [0.05, 0.1) is 12.7 Å². The number of hydrogen-bond acceptors (Lipinski definition) is 4. The van der Waals surface area contributed by atoms with Crippen molar-refractivity contribution >= 4 is 17.3 Å². The first kappa shape index (κ1) is 17.2. The standard InChI is InChI=1S/C15H25ClN2O2/c1-12(19)7-9-18(2)15-6-4-5-14(16)13(15)11-17-8-10-20-3/h4-6,12,17,19H,7-11H2,1-3H3. The third kappa shape index (κ3) is 5.67. The zero-order valence-electron chi connectivity index (χ0n) is 12.5. The number of nitrogens with zero attached hydrogens (tertiary/aromatic N) is 1. The van der Waals surface area contributed by atoms with E-state index in [2.05, 4.69) is 16.3 Å². The largest absolute Gasteiger partial charge is 0.393 e. The van der Waals surface area contributed by atoms with Crippen molar-refractivity contribution in [2.24, 2.45) is 0 Å². The lowest BCUT2D eigenvalue weighted by Crippen LogP contribution is -2.25. The van der Waals surface area contributed by atoms with Gasteiger partial charge in [0.2, 0.25) is 0 Å². The number of aliphatic hydroxyl groups is 1. The molecule has 0 radical (unpaired) electrons. The monoisotopic (exact) mass is 300 g/mol. The summed E-state index contributed by atoms with van der Waals surface area (Å²) in [6, 6.07) is 5.91. The van der Waals surface area contributed by atoms with Gasteiger partial charge in [-0.15, -0.1) is 0 Å². The van der Waals surface area contributed by atoms with Crippen LogP contribution in [0.5, 0.6) is 0 Å². The second kappa shape index (κ2) is 9.19. The smallest absolute Gasteiger partial charge is 0.0587 e. The molecule has 1 aromatic carbocycles. The van der Waals surface area contributed by atoms with E-state index in [4.69, 9.17) is 16.3 Å². The van der Waals surface area contributed by atoms with Gasteiger partial charge in [-0.1, -0.05) is 17.7 Å². The van der Waals surface area contributed by atoms with Crippen molar-refractivity contribution in [3.05, 3.63) is 28.8 Å². The van der Waals surface area contributed by atoms with Gasteiger partial charge in [-0.05, 0) is 25.5 Å². The van der Waals surface area contributed by atoms with Crippen LogP contribution in [0, 0.1) is 0 Å². The van der Waals surface area contributed by atoms with Crippen LogP contribution in [-0.2, 0) is 11.3 Å². The van der Waals surface area contributed by atoms with Gasteiger partial charge in [-0.3, -0.25) is 0 Å². The molecule has 1 aromatic rings. The van der Waals surface area contributed by atoms with Crippen LogP contribution in [0.3, 0.4) is 0 Å². The average Bonchev–Trinajstić information content (AvgIpc) is 2.42. The van der Waals surface area contributed by atoms with Gasteiger partial charge in [0.1, 0.15) is 0 Å². The van der Waals surface area contributed by atoms with E-state index in [1.165, 1.54) is 0 Å². The molecule has 1 rings (SSSR count). The summed E-state index contributed by atoms with van der Waals surface area (Å²) in [6.07, 6.45) is 0.444. The van der Waals surface area contributed by atoms with Crippen LogP contribution in [0.4, 0.5) is 5.69 Å². The molecule has 5 heteroatoms. The van der Waals surface area contributed by atoms with Gasteiger partial charge in [-0.2, -0.15) is 0 Å². The number of hydrogen-bond donors (Lipinski definition) is 2. The Hall–Kier alpha value is -0.810. The van der Waals surface area contributed by atoms with E-state index in [0.717, 1.165) is 35.8 Å². The molecule has 0 aliphatic carbocycles. The maximum Gasteiger partial charge on any atom is 0.0587 e. The minimum atomic E-state index is -0.292. The highest BCUT2D eigenvalue weighted by Gasteiger charge is 2.11. The molecule has 2 N–H and O–H groups in total. The van der Waals surface area contributed by atoms with Gasteiger partial charge in [0, 0.05) is 50.1 Å². The minimum Gasteiger partial charge on any atom is -0.393 e. The van der Waals surface area contributed by atoms with E-state index in [0.29, 0.717) is 13.2 Å². The molecule has 0 saturated heterocycles. The van der Waals surface area contributed by atoms with E-state index in [1.807, 2.05) is 19.2 Å². The molecule has 114 valence electrons. The van der Waals surface area contributed by atoms with Crippen molar-refractivity contribution in [1.82, 2.24) is 5.32 Å². The fourth-order valence-corrected chi connectivity index (χ4v) is 2.20. The predicted molar refractivity (Wildman–Crippen MR) is 84.6 cm³/mol. The molecule has 0 saturated carbocycles. The van der Waals surface area contributed by atoms with Crippen molar-refractivity contribution in [2.75, 3.05) is 38.8 Å². The minimum absolute atomic E-state index is 0.292. The first-order valence-corrected chi connectivity index (χ1v) is 7.30. The Labute approximate surface area is 126 Å². The Morgan fingerprint density at radius 2 is 2.20 bits per heavy atom. The molecule has 0 aliphatic heterocycles. The molecule has 0 aromatic heterocycles. The van der Waals surface area contributed by atoms with Crippen LogP contribution in [0.2, 0.25) is 5.02 Å². The van der Waals surface area contributed by atoms with Gasteiger partial charge in [0.25, 0.3) is 0 Å². The van der Waals surface area contributed by atoms with Crippen LogP contribution in [0.25, 0.3) is 0 Å². The Balaban J connectivity index is 2.71. The number of methoxy groups -OCH3 is 1. The molecule has 0 heterocycles. The summed E-state index contributed by atoms with van der Waals surface area (Å²) < 4.78 is 5.02. The van der Waals surface area contributed by atoms with Crippen LogP contribution >= 0.6 is 11.6 Å². The Morgan fingerprint density at radius 1 is 1.45 bits per heavy atom. The lowest BCUT2D eigenvalue weighted by molar-refractivity contribution is 0.187. The lowest BCUT2D eigenvalue weighted by Gasteiger charge is -2.24. The lowest BCUT2D eigenvalue weighted by atomic mass is 10.1. The highest BCUT2D eigenvalue weighted by molar-refractivity contribution is 6.31. The highest BCUT2D eigenvalue weighted by Crippen LogP contribution is 2.27. The summed E-state index contributed by atoms with van der Waals surface area (Å²) in [5.74, 6) is 0. The predicted octanol–water partition coefficient (Wildman–Crippen LogP) is 2.28. The normalized spacial score (nSPS) is 12.4. The zero-order valence-corrected chi connectivity index (χ0v) is 13.3. The van der Waals surface area contributed by atoms with Crippen LogP contribution in [-0.4, -0.2) is 45.1 Å². The van der Waals surface area contributed by atoms with Gasteiger partial charge in [-0.25, -0.2) is 0 Å². The third-order valence-electron chi connectivity index (χ3n) is 3.17. The maximum absolute atomic E-state index is 9.39. The molecular weight excluding hydrogens is 276 g/mol. The average molecular weight is 301 g/mol. The third-order valence-corrected chi connectivity index (χ3v) is 3.53. The molecular formula is C15H25ClN2O2. The second-order valence-corrected chi connectivity index (χ2v) is 5.37. The number of ether oxygens (including phenoxy) is 1. The fourth-order valence-electron chi connectivity index (χ4n) is 1.97. The number of anilines is 1. The van der Waals surface area contributed by atoms with Gasteiger partial charge in [0.15, 0.2) is 0 Å². The van der Waals surface area contributed by atoms with Crippen molar-refractivity contribution in [1.29, 1.82) is 0 Å². The summed E-state index contributed by atoms with van der Waals surface area (Å²) in [5.41, 5.74) is 2.18. The van der Waals surface area contributed by atoms with E-state index < -0.39 is 0 Å². The van der Waals surface area contributed by atoms with Crippen LogP contribution in [0.1, 0.15) is 18.9 Å². The first-order valence-electron chi connectivity index (χ1n) is 6.92. The summed E-state index contributed by atoms with van der Waals surface area (Å²) in [5, 5.41) is 13.5. The number of rotatable bonds is 9. The van der Waals surface area contributed by atoms with Crippen molar-refractivity contribution < 1.29 is 9.84 Å². The van der Waals surface area contributed by atoms with Crippen LogP contribution < -0.4 is 10.2 Å². The number of benzene rings is 1. The number of halogens is 1. The van der Waals surface area contributed by atoms with Crippen LogP contribution in [0.15, 0.2) is 18.2 Å². The molecule has 0 spiro atoms.